The van der Waals surface area contributed by atoms with Crippen molar-refractivity contribution in [2.24, 2.45) is 0 Å². The van der Waals surface area contributed by atoms with Gasteiger partial charge in [-0.25, -0.2) is 0 Å². The van der Waals surface area contributed by atoms with E-state index in [1.165, 1.54) is 0 Å². The SMILES string of the molecule is Cc1ccc(C(=O)CCC(=O)Nc2ccc(Cl)cc2C)cc1. The number of ketones is 1. The first kappa shape index (κ1) is 16.2. The van der Waals surface area contributed by atoms with E-state index in [2.05, 4.69) is 5.32 Å². The highest BCUT2D eigenvalue weighted by molar-refractivity contribution is 6.30. The molecular weight excluding hydrogens is 298 g/mol. The number of aryl methyl sites for hydroxylation is 2. The van der Waals surface area contributed by atoms with Crippen molar-refractivity contribution >= 4 is 29.0 Å². The summed E-state index contributed by atoms with van der Waals surface area (Å²) in [7, 11) is 0. The van der Waals surface area contributed by atoms with Crippen LogP contribution in [0.5, 0.6) is 0 Å². The fraction of sp³-hybridized carbons (Fsp3) is 0.222. The summed E-state index contributed by atoms with van der Waals surface area (Å²) >= 11 is 5.88. The zero-order valence-electron chi connectivity index (χ0n) is 12.7. The predicted octanol–water partition coefficient (Wildman–Crippen LogP) is 4.56. The molecule has 0 aromatic heterocycles. The number of carbonyl (C=O) groups excluding carboxylic acids is 2. The van der Waals surface area contributed by atoms with Crippen molar-refractivity contribution in [1.82, 2.24) is 0 Å². The molecule has 2 aromatic carbocycles. The summed E-state index contributed by atoms with van der Waals surface area (Å²) in [5, 5.41) is 3.43. The third-order valence-corrected chi connectivity index (χ3v) is 3.65. The molecule has 3 nitrogen and oxygen atoms in total. The van der Waals surface area contributed by atoms with E-state index >= 15 is 0 Å². The molecule has 2 aromatic rings. The summed E-state index contributed by atoms with van der Waals surface area (Å²) in [4.78, 5) is 24.0. The molecule has 0 saturated heterocycles. The number of Topliss-reactive ketones (excluding diaryl/α,β-unsaturated/α-hetero) is 1. The smallest absolute Gasteiger partial charge is 0.224 e. The Morgan fingerprint density at radius 2 is 1.68 bits per heavy atom. The van der Waals surface area contributed by atoms with Crippen LogP contribution in [0.25, 0.3) is 0 Å². The molecule has 0 aliphatic carbocycles. The molecule has 1 amide bonds. The van der Waals surface area contributed by atoms with Gasteiger partial charge in [-0.3, -0.25) is 9.59 Å². The lowest BCUT2D eigenvalue weighted by molar-refractivity contribution is -0.116. The second kappa shape index (κ2) is 7.23. The van der Waals surface area contributed by atoms with E-state index in [1.807, 2.05) is 26.0 Å². The monoisotopic (exact) mass is 315 g/mol. The molecule has 0 heterocycles. The van der Waals surface area contributed by atoms with Crippen molar-refractivity contribution in [1.29, 1.82) is 0 Å². The Labute approximate surface area is 135 Å². The van der Waals surface area contributed by atoms with E-state index in [0.717, 1.165) is 16.8 Å². The Balaban J connectivity index is 1.89. The second-order valence-electron chi connectivity index (χ2n) is 5.30. The minimum Gasteiger partial charge on any atom is -0.326 e. The Morgan fingerprint density at radius 1 is 1.00 bits per heavy atom. The van der Waals surface area contributed by atoms with Gasteiger partial charge in [-0.05, 0) is 37.6 Å². The van der Waals surface area contributed by atoms with Gasteiger partial charge in [0.05, 0.1) is 0 Å². The molecule has 4 heteroatoms. The molecule has 1 N–H and O–H groups in total. The molecule has 2 rings (SSSR count). The van der Waals surface area contributed by atoms with Gasteiger partial charge in [0, 0.05) is 29.1 Å². The molecule has 0 unspecified atom stereocenters. The number of halogens is 1. The first-order valence-corrected chi connectivity index (χ1v) is 7.49. The molecular formula is C18H18ClNO2. The minimum atomic E-state index is -0.175. The van der Waals surface area contributed by atoms with Crippen molar-refractivity contribution in [3.63, 3.8) is 0 Å². The van der Waals surface area contributed by atoms with Gasteiger partial charge in [0.25, 0.3) is 0 Å². The van der Waals surface area contributed by atoms with Gasteiger partial charge >= 0.3 is 0 Å². The van der Waals surface area contributed by atoms with Gasteiger partial charge in [-0.1, -0.05) is 41.4 Å². The van der Waals surface area contributed by atoms with E-state index in [-0.39, 0.29) is 24.5 Å². The number of rotatable bonds is 5. The number of anilines is 1. The van der Waals surface area contributed by atoms with E-state index in [0.29, 0.717) is 10.6 Å². The molecule has 0 aliphatic rings. The van der Waals surface area contributed by atoms with Crippen LogP contribution in [0.2, 0.25) is 5.02 Å². The lowest BCUT2D eigenvalue weighted by Crippen LogP contribution is -2.14. The van der Waals surface area contributed by atoms with Crippen LogP contribution in [-0.2, 0) is 4.79 Å². The third kappa shape index (κ3) is 4.43. The maximum Gasteiger partial charge on any atom is 0.224 e. The number of hydrogen-bond donors (Lipinski definition) is 1. The van der Waals surface area contributed by atoms with Gasteiger partial charge in [0.1, 0.15) is 0 Å². The van der Waals surface area contributed by atoms with Crippen molar-refractivity contribution < 1.29 is 9.59 Å². The first-order valence-electron chi connectivity index (χ1n) is 7.11. The standard InChI is InChI=1S/C18H18ClNO2/c1-12-3-5-14(6-4-12)17(21)9-10-18(22)20-16-8-7-15(19)11-13(16)2/h3-8,11H,9-10H2,1-2H3,(H,20,22). The van der Waals surface area contributed by atoms with Gasteiger partial charge in [0.2, 0.25) is 5.91 Å². The zero-order chi connectivity index (χ0) is 16.1. The van der Waals surface area contributed by atoms with E-state index in [4.69, 9.17) is 11.6 Å². The average molecular weight is 316 g/mol. The van der Waals surface area contributed by atoms with Gasteiger partial charge in [0.15, 0.2) is 5.78 Å². The second-order valence-corrected chi connectivity index (χ2v) is 5.73. The zero-order valence-corrected chi connectivity index (χ0v) is 13.4. The highest BCUT2D eigenvalue weighted by Crippen LogP contribution is 2.20. The van der Waals surface area contributed by atoms with E-state index in [1.54, 1.807) is 30.3 Å². The van der Waals surface area contributed by atoms with Crippen LogP contribution >= 0.6 is 11.6 Å². The van der Waals surface area contributed by atoms with Crippen molar-refractivity contribution in [2.75, 3.05) is 5.32 Å². The average Bonchev–Trinajstić information content (AvgIpc) is 2.48. The summed E-state index contributed by atoms with van der Waals surface area (Å²) in [5.74, 6) is -0.200. The molecule has 0 radical (unpaired) electrons. The maximum absolute atomic E-state index is 12.0. The third-order valence-electron chi connectivity index (χ3n) is 3.42. The van der Waals surface area contributed by atoms with Crippen LogP contribution in [0.1, 0.15) is 34.3 Å². The minimum absolute atomic E-state index is 0.0250. The van der Waals surface area contributed by atoms with Crippen LogP contribution < -0.4 is 5.32 Å². The van der Waals surface area contributed by atoms with Gasteiger partial charge < -0.3 is 5.32 Å². The van der Waals surface area contributed by atoms with Crippen LogP contribution in [0.4, 0.5) is 5.69 Å². The van der Waals surface area contributed by atoms with Crippen molar-refractivity contribution in [3.8, 4) is 0 Å². The predicted molar refractivity (Wildman–Crippen MR) is 89.6 cm³/mol. The quantitative estimate of drug-likeness (QED) is 0.822. The molecule has 0 spiro atoms. The van der Waals surface area contributed by atoms with Crippen molar-refractivity contribution in [2.45, 2.75) is 26.7 Å². The topological polar surface area (TPSA) is 46.2 Å². The fourth-order valence-corrected chi connectivity index (χ4v) is 2.32. The summed E-state index contributed by atoms with van der Waals surface area (Å²) in [5.41, 5.74) is 3.36. The normalized spacial score (nSPS) is 10.3. The summed E-state index contributed by atoms with van der Waals surface area (Å²) in [6.07, 6.45) is 0.357. The summed E-state index contributed by atoms with van der Waals surface area (Å²) in [6.45, 7) is 3.84. The molecule has 0 fully saturated rings. The number of carbonyl (C=O) groups is 2. The van der Waals surface area contributed by atoms with Crippen LogP contribution in [0.15, 0.2) is 42.5 Å². The van der Waals surface area contributed by atoms with Crippen LogP contribution in [-0.4, -0.2) is 11.7 Å². The summed E-state index contributed by atoms with van der Waals surface area (Å²) in [6, 6.07) is 12.6. The van der Waals surface area contributed by atoms with Crippen LogP contribution in [0, 0.1) is 13.8 Å². The lowest BCUT2D eigenvalue weighted by Gasteiger charge is -2.08. The summed E-state index contributed by atoms with van der Waals surface area (Å²) < 4.78 is 0. The Kier molecular flexibility index (Phi) is 5.34. The molecule has 22 heavy (non-hydrogen) atoms. The Hall–Kier alpha value is -2.13. The number of hydrogen-bond acceptors (Lipinski definition) is 2. The van der Waals surface area contributed by atoms with Gasteiger partial charge in [-0.15, -0.1) is 0 Å². The van der Waals surface area contributed by atoms with E-state index in [9.17, 15) is 9.59 Å². The highest BCUT2D eigenvalue weighted by atomic mass is 35.5. The Morgan fingerprint density at radius 3 is 2.32 bits per heavy atom. The highest BCUT2D eigenvalue weighted by Gasteiger charge is 2.10. The van der Waals surface area contributed by atoms with Crippen LogP contribution in [0.3, 0.4) is 0 Å². The number of benzene rings is 2. The number of nitrogens with one attached hydrogen (secondary N) is 1. The van der Waals surface area contributed by atoms with Gasteiger partial charge in [-0.2, -0.15) is 0 Å². The first-order chi connectivity index (χ1) is 10.5. The fourth-order valence-electron chi connectivity index (χ4n) is 2.09. The van der Waals surface area contributed by atoms with Crippen molar-refractivity contribution in [3.05, 3.63) is 64.2 Å². The molecule has 0 atom stereocenters. The lowest BCUT2D eigenvalue weighted by atomic mass is 10.0. The maximum atomic E-state index is 12.0. The molecule has 114 valence electrons. The largest absolute Gasteiger partial charge is 0.326 e. The number of amides is 1. The Bertz CT molecular complexity index is 693. The molecule has 0 aliphatic heterocycles. The molecule has 0 bridgehead atoms. The van der Waals surface area contributed by atoms with E-state index < -0.39 is 0 Å². The molecule has 0 saturated carbocycles.